The molecule has 0 saturated carbocycles. The number of ether oxygens (including phenoxy) is 1. The Morgan fingerprint density at radius 3 is 2.57 bits per heavy atom. The van der Waals surface area contributed by atoms with Crippen LogP contribution < -0.4 is 0 Å². The van der Waals surface area contributed by atoms with Gasteiger partial charge in [0.2, 0.25) is 0 Å². The van der Waals surface area contributed by atoms with Gasteiger partial charge in [-0.1, -0.05) is 36.1 Å². The lowest BCUT2D eigenvalue weighted by atomic mass is 9.96. The zero-order chi connectivity index (χ0) is 10.4. The van der Waals surface area contributed by atoms with Crippen LogP contribution >= 0.6 is 0 Å². The lowest BCUT2D eigenvalue weighted by Gasteiger charge is -1.97. The zero-order valence-electron chi connectivity index (χ0n) is 8.07. The van der Waals surface area contributed by atoms with Crippen LogP contribution in [-0.2, 0) is 15.9 Å². The Hall–Kier alpha value is -1.51. The summed E-state index contributed by atoms with van der Waals surface area (Å²) < 4.78 is 4.47. The van der Waals surface area contributed by atoms with E-state index in [1.165, 1.54) is 13.2 Å². The molecule has 0 aromatic heterocycles. The molecule has 1 rings (SSSR count). The number of benzene rings is 1. The third-order valence-electron chi connectivity index (χ3n) is 1.83. The summed E-state index contributed by atoms with van der Waals surface area (Å²) in [5.41, 5.74) is 2.02. The van der Waals surface area contributed by atoms with Gasteiger partial charge in [-0.25, -0.2) is 4.79 Å². The van der Waals surface area contributed by atoms with Crippen LogP contribution in [0, 0.1) is 0 Å². The Morgan fingerprint density at radius 1 is 1.43 bits per heavy atom. The van der Waals surface area contributed by atoms with Gasteiger partial charge in [0.25, 0.3) is 0 Å². The highest BCUT2D eigenvalue weighted by atomic mass is 16.5. The van der Waals surface area contributed by atoms with Crippen molar-refractivity contribution in [3.63, 3.8) is 0 Å². The maximum atomic E-state index is 10.8. The van der Waals surface area contributed by atoms with E-state index in [4.69, 9.17) is 7.85 Å². The van der Waals surface area contributed by atoms with Gasteiger partial charge in [-0.3, -0.25) is 0 Å². The molecule has 0 aliphatic rings. The van der Waals surface area contributed by atoms with Crippen molar-refractivity contribution in [3.8, 4) is 0 Å². The summed E-state index contributed by atoms with van der Waals surface area (Å²) in [5, 5.41) is 0. The first-order valence-corrected chi connectivity index (χ1v) is 4.31. The van der Waals surface area contributed by atoms with Crippen LogP contribution in [0.15, 0.2) is 30.3 Å². The normalized spacial score (nSPS) is 10.4. The second-order valence-electron chi connectivity index (χ2n) is 2.80. The quantitative estimate of drug-likeness (QED) is 0.406. The molecular formula is C11H11BO2. The molecule has 14 heavy (non-hydrogen) atoms. The minimum Gasteiger partial charge on any atom is -0.466 e. The molecule has 0 amide bonds. The fourth-order valence-electron chi connectivity index (χ4n) is 0.997. The summed E-state index contributed by atoms with van der Waals surface area (Å²) in [4.78, 5) is 10.8. The fraction of sp³-hybridized carbons (Fsp3) is 0.182. The third kappa shape index (κ3) is 3.09. The summed E-state index contributed by atoms with van der Waals surface area (Å²) >= 11 is 0. The van der Waals surface area contributed by atoms with Crippen molar-refractivity contribution in [2.45, 2.75) is 6.32 Å². The average molecular weight is 186 g/mol. The molecule has 0 unspecified atom stereocenters. The van der Waals surface area contributed by atoms with Gasteiger partial charge in [-0.05, 0) is 11.6 Å². The number of carbonyl (C=O) groups excluding carboxylic acids is 1. The number of hydrogen-bond acceptors (Lipinski definition) is 2. The minimum atomic E-state index is -0.354. The van der Waals surface area contributed by atoms with Crippen LogP contribution in [0.5, 0.6) is 0 Å². The highest BCUT2D eigenvalue weighted by Crippen LogP contribution is 2.05. The van der Waals surface area contributed by atoms with Crippen molar-refractivity contribution in [2.24, 2.45) is 0 Å². The van der Waals surface area contributed by atoms with Gasteiger partial charge in [0, 0.05) is 6.08 Å². The van der Waals surface area contributed by atoms with Crippen LogP contribution in [0.4, 0.5) is 0 Å². The number of methoxy groups -OCH3 is 1. The van der Waals surface area contributed by atoms with Gasteiger partial charge < -0.3 is 4.74 Å². The van der Waals surface area contributed by atoms with E-state index in [9.17, 15) is 4.79 Å². The summed E-state index contributed by atoms with van der Waals surface area (Å²) in [6.07, 6.45) is 3.62. The molecule has 0 fully saturated rings. The summed E-state index contributed by atoms with van der Waals surface area (Å²) in [7, 11) is 6.80. The van der Waals surface area contributed by atoms with Crippen LogP contribution in [0.1, 0.15) is 11.1 Å². The topological polar surface area (TPSA) is 26.3 Å². The molecule has 0 spiro atoms. The largest absolute Gasteiger partial charge is 0.466 e. The predicted molar refractivity (Wildman–Crippen MR) is 57.0 cm³/mol. The smallest absolute Gasteiger partial charge is 0.330 e. The molecule has 0 aliphatic carbocycles. The van der Waals surface area contributed by atoms with E-state index < -0.39 is 0 Å². The molecule has 0 saturated heterocycles. The lowest BCUT2D eigenvalue weighted by Crippen LogP contribution is -1.93. The van der Waals surface area contributed by atoms with Crippen LogP contribution in [0.25, 0.3) is 6.08 Å². The average Bonchev–Trinajstić information content (AvgIpc) is 2.26. The number of carbonyl (C=O) groups is 1. The molecule has 2 radical (unpaired) electrons. The maximum absolute atomic E-state index is 10.8. The van der Waals surface area contributed by atoms with Crippen molar-refractivity contribution >= 4 is 19.9 Å². The van der Waals surface area contributed by atoms with E-state index in [1.807, 2.05) is 24.3 Å². The second-order valence-corrected chi connectivity index (χ2v) is 2.80. The van der Waals surface area contributed by atoms with Crippen LogP contribution in [-0.4, -0.2) is 20.9 Å². The van der Waals surface area contributed by atoms with Crippen molar-refractivity contribution < 1.29 is 9.53 Å². The first kappa shape index (κ1) is 10.6. The molecule has 0 atom stereocenters. The summed E-state index contributed by atoms with van der Waals surface area (Å²) in [6, 6.07) is 7.66. The van der Waals surface area contributed by atoms with E-state index in [-0.39, 0.29) is 5.97 Å². The monoisotopic (exact) mass is 186 g/mol. The highest BCUT2D eigenvalue weighted by molar-refractivity contribution is 6.08. The minimum absolute atomic E-state index is 0.354. The summed E-state index contributed by atoms with van der Waals surface area (Å²) in [6.45, 7) is 0. The molecule has 70 valence electrons. The van der Waals surface area contributed by atoms with Crippen LogP contribution in [0.3, 0.4) is 0 Å². The van der Waals surface area contributed by atoms with E-state index in [2.05, 4.69) is 4.74 Å². The standard InChI is InChI=1S/C11H11BO2/c1-14-11(13)7-6-9-2-4-10(8-12)5-3-9/h2-7H,8H2,1H3/b7-6+. The maximum Gasteiger partial charge on any atom is 0.330 e. The Morgan fingerprint density at radius 2 is 2.07 bits per heavy atom. The molecule has 0 aliphatic heterocycles. The molecule has 0 heterocycles. The first-order valence-electron chi connectivity index (χ1n) is 4.31. The zero-order valence-corrected chi connectivity index (χ0v) is 8.07. The molecular weight excluding hydrogens is 175 g/mol. The molecule has 1 aromatic carbocycles. The third-order valence-corrected chi connectivity index (χ3v) is 1.83. The van der Waals surface area contributed by atoms with E-state index in [1.54, 1.807) is 6.08 Å². The van der Waals surface area contributed by atoms with Gasteiger partial charge in [-0.2, -0.15) is 0 Å². The SMILES string of the molecule is [B]Cc1ccc(/C=C/C(=O)OC)cc1. The lowest BCUT2D eigenvalue weighted by molar-refractivity contribution is -0.134. The molecule has 3 heteroatoms. The van der Waals surface area contributed by atoms with Crippen molar-refractivity contribution in [1.29, 1.82) is 0 Å². The van der Waals surface area contributed by atoms with E-state index >= 15 is 0 Å². The Labute approximate surface area is 85.0 Å². The number of rotatable bonds is 3. The molecule has 2 nitrogen and oxygen atoms in total. The van der Waals surface area contributed by atoms with Crippen LogP contribution in [0.2, 0.25) is 0 Å². The second kappa shape index (κ2) is 5.27. The summed E-state index contributed by atoms with van der Waals surface area (Å²) in [5.74, 6) is -0.354. The van der Waals surface area contributed by atoms with E-state index in [0.29, 0.717) is 6.32 Å². The van der Waals surface area contributed by atoms with Gasteiger partial charge in [0.05, 0.1) is 15.0 Å². The van der Waals surface area contributed by atoms with Crippen molar-refractivity contribution in [2.75, 3.05) is 7.11 Å². The predicted octanol–water partition coefficient (Wildman–Crippen LogP) is 1.54. The van der Waals surface area contributed by atoms with Gasteiger partial charge in [0.1, 0.15) is 0 Å². The van der Waals surface area contributed by atoms with E-state index in [0.717, 1.165) is 11.1 Å². The fourth-order valence-corrected chi connectivity index (χ4v) is 0.997. The number of hydrogen-bond donors (Lipinski definition) is 0. The van der Waals surface area contributed by atoms with Crippen molar-refractivity contribution in [3.05, 3.63) is 41.5 Å². The van der Waals surface area contributed by atoms with Gasteiger partial charge in [0.15, 0.2) is 0 Å². The van der Waals surface area contributed by atoms with Gasteiger partial charge in [-0.15, -0.1) is 0 Å². The van der Waals surface area contributed by atoms with Gasteiger partial charge >= 0.3 is 5.97 Å². The molecule has 0 N–H and O–H groups in total. The Balaban J connectivity index is 2.68. The first-order chi connectivity index (χ1) is 6.76. The van der Waals surface area contributed by atoms with Crippen molar-refractivity contribution in [1.82, 2.24) is 0 Å². The number of esters is 1. The Bertz CT molecular complexity index is 328. The molecule has 1 aromatic rings. The Kier molecular flexibility index (Phi) is 3.98. The highest BCUT2D eigenvalue weighted by Gasteiger charge is 1.92. The molecule has 0 bridgehead atoms.